The zero-order valence-corrected chi connectivity index (χ0v) is 17.9. The van der Waals surface area contributed by atoms with Crippen molar-refractivity contribution in [3.63, 3.8) is 0 Å². The van der Waals surface area contributed by atoms with Crippen molar-refractivity contribution in [3.8, 4) is 0 Å². The monoisotopic (exact) mass is 431 g/mol. The Bertz CT molecular complexity index is 725. The number of alkyl halides is 3. The molecule has 5 nitrogen and oxygen atoms in total. The van der Waals surface area contributed by atoms with Crippen LogP contribution in [-0.2, 0) is 15.8 Å². The van der Waals surface area contributed by atoms with Gasteiger partial charge in [0.15, 0.2) is 0 Å². The van der Waals surface area contributed by atoms with Gasteiger partial charge in [0.05, 0.1) is 11.3 Å². The number of carbonyl (C=O) groups excluding carboxylic acids is 2. The summed E-state index contributed by atoms with van der Waals surface area (Å²) in [7, 11) is 3.78. The Kier molecular flexibility index (Phi) is 7.99. The summed E-state index contributed by atoms with van der Waals surface area (Å²) in [4.78, 5) is 28.9. The standard InChI is InChI=1S/C20H28F3N3O2S/c1-13(2)10-16(18(28)24-8-9-25(3)4)26-17(27)12-29-19(26)14-6-5-7-15(11-14)20(21,22)23/h5-7,11,13,16,19H,8-10,12H2,1-4H3,(H,24,28). The van der Waals surface area contributed by atoms with Gasteiger partial charge in [0.1, 0.15) is 11.4 Å². The molecule has 2 amide bonds. The second-order valence-corrected chi connectivity index (χ2v) is 8.90. The minimum absolute atomic E-state index is 0.139. The third-order valence-electron chi connectivity index (χ3n) is 4.60. The normalized spacial score (nSPS) is 18.6. The first kappa shape index (κ1) is 23.5. The quantitative estimate of drug-likeness (QED) is 0.686. The summed E-state index contributed by atoms with van der Waals surface area (Å²) >= 11 is 1.25. The lowest BCUT2D eigenvalue weighted by molar-refractivity contribution is -0.139. The molecule has 1 aromatic rings. The van der Waals surface area contributed by atoms with E-state index in [0.29, 0.717) is 25.1 Å². The summed E-state index contributed by atoms with van der Waals surface area (Å²) in [5.74, 6) is -0.222. The summed E-state index contributed by atoms with van der Waals surface area (Å²) in [5, 5.41) is 2.24. The number of benzene rings is 1. The van der Waals surface area contributed by atoms with Gasteiger partial charge in [0.25, 0.3) is 0 Å². The van der Waals surface area contributed by atoms with E-state index in [1.54, 1.807) is 6.07 Å². The Balaban J connectivity index is 2.30. The molecule has 1 fully saturated rings. The summed E-state index contributed by atoms with van der Waals surface area (Å²) in [6, 6.07) is 4.27. The van der Waals surface area contributed by atoms with Crippen LogP contribution in [0.25, 0.3) is 0 Å². The van der Waals surface area contributed by atoms with Crippen molar-refractivity contribution in [2.24, 2.45) is 5.92 Å². The Morgan fingerprint density at radius 3 is 2.62 bits per heavy atom. The zero-order chi connectivity index (χ0) is 21.8. The molecular weight excluding hydrogens is 403 g/mol. The number of halogens is 3. The van der Waals surface area contributed by atoms with Gasteiger partial charge >= 0.3 is 6.18 Å². The molecule has 1 heterocycles. The molecule has 0 radical (unpaired) electrons. The van der Waals surface area contributed by atoms with Gasteiger partial charge in [-0.3, -0.25) is 9.59 Å². The zero-order valence-electron chi connectivity index (χ0n) is 17.1. The molecule has 0 spiro atoms. The van der Waals surface area contributed by atoms with Gasteiger partial charge in [-0.05, 0) is 44.1 Å². The number of nitrogens with zero attached hydrogens (tertiary/aromatic N) is 2. The minimum atomic E-state index is -4.46. The Labute approximate surface area is 174 Å². The summed E-state index contributed by atoms with van der Waals surface area (Å²) in [6.45, 7) is 4.99. The number of rotatable bonds is 8. The lowest BCUT2D eigenvalue weighted by atomic mass is 10.00. The second kappa shape index (κ2) is 9.84. The van der Waals surface area contributed by atoms with Crippen molar-refractivity contribution < 1.29 is 22.8 Å². The maximum atomic E-state index is 13.1. The van der Waals surface area contributed by atoms with Gasteiger partial charge in [-0.15, -0.1) is 11.8 Å². The van der Waals surface area contributed by atoms with Crippen molar-refractivity contribution in [1.82, 2.24) is 15.1 Å². The van der Waals surface area contributed by atoms with E-state index in [9.17, 15) is 22.8 Å². The molecule has 2 unspecified atom stereocenters. The molecule has 1 saturated heterocycles. The molecule has 29 heavy (non-hydrogen) atoms. The van der Waals surface area contributed by atoms with Gasteiger partial charge in [0, 0.05) is 13.1 Å². The molecule has 2 atom stereocenters. The molecule has 1 aliphatic rings. The van der Waals surface area contributed by atoms with E-state index >= 15 is 0 Å². The average Bonchev–Trinajstić information content (AvgIpc) is 2.99. The number of hydrogen-bond acceptors (Lipinski definition) is 4. The summed E-state index contributed by atoms with van der Waals surface area (Å²) in [5.41, 5.74) is -0.378. The number of nitrogens with one attached hydrogen (secondary N) is 1. The average molecular weight is 432 g/mol. The summed E-state index contributed by atoms with van der Waals surface area (Å²) in [6.07, 6.45) is -4.02. The van der Waals surface area contributed by atoms with Crippen LogP contribution in [0.1, 0.15) is 36.8 Å². The first-order valence-electron chi connectivity index (χ1n) is 9.53. The lowest BCUT2D eigenvalue weighted by Crippen LogP contribution is -2.50. The highest BCUT2D eigenvalue weighted by Crippen LogP contribution is 2.42. The van der Waals surface area contributed by atoms with Crippen LogP contribution in [0.15, 0.2) is 24.3 Å². The highest BCUT2D eigenvalue weighted by atomic mass is 32.2. The van der Waals surface area contributed by atoms with Crippen LogP contribution in [-0.4, -0.2) is 60.6 Å². The van der Waals surface area contributed by atoms with Crippen molar-refractivity contribution in [2.45, 2.75) is 37.9 Å². The fourth-order valence-corrected chi connectivity index (χ4v) is 4.43. The van der Waals surface area contributed by atoms with Crippen LogP contribution >= 0.6 is 11.8 Å². The molecule has 9 heteroatoms. The van der Waals surface area contributed by atoms with Crippen LogP contribution in [0.5, 0.6) is 0 Å². The Morgan fingerprint density at radius 2 is 2.03 bits per heavy atom. The molecule has 0 aliphatic carbocycles. The van der Waals surface area contributed by atoms with Crippen molar-refractivity contribution in [1.29, 1.82) is 0 Å². The Hall–Kier alpha value is -1.74. The lowest BCUT2D eigenvalue weighted by Gasteiger charge is -2.33. The molecule has 0 bridgehead atoms. The second-order valence-electron chi connectivity index (χ2n) is 7.83. The predicted octanol–water partition coefficient (Wildman–Crippen LogP) is 3.37. The minimum Gasteiger partial charge on any atom is -0.353 e. The SMILES string of the molecule is CC(C)CC(C(=O)NCCN(C)C)N1C(=O)CSC1c1cccc(C(F)(F)F)c1. The number of thioether (sulfide) groups is 1. The number of hydrogen-bond donors (Lipinski definition) is 1. The molecule has 162 valence electrons. The topological polar surface area (TPSA) is 52.7 Å². The van der Waals surface area contributed by atoms with Gasteiger partial charge in [-0.25, -0.2) is 0 Å². The fraction of sp³-hybridized carbons (Fsp3) is 0.600. The molecule has 0 saturated carbocycles. The van der Waals surface area contributed by atoms with E-state index in [-0.39, 0.29) is 23.5 Å². The molecule has 1 aromatic carbocycles. The number of amides is 2. The molecule has 1 N–H and O–H groups in total. The summed E-state index contributed by atoms with van der Waals surface area (Å²) < 4.78 is 39.4. The smallest absolute Gasteiger partial charge is 0.353 e. The molecule has 1 aliphatic heterocycles. The van der Waals surface area contributed by atoms with Crippen LogP contribution in [0.3, 0.4) is 0 Å². The molecule has 0 aromatic heterocycles. The van der Waals surface area contributed by atoms with Crippen molar-refractivity contribution in [3.05, 3.63) is 35.4 Å². The van der Waals surface area contributed by atoms with Gasteiger partial charge in [-0.1, -0.05) is 26.0 Å². The Morgan fingerprint density at radius 1 is 1.34 bits per heavy atom. The van der Waals surface area contributed by atoms with Crippen LogP contribution in [0.4, 0.5) is 13.2 Å². The van der Waals surface area contributed by atoms with Crippen LogP contribution in [0.2, 0.25) is 0 Å². The highest BCUT2D eigenvalue weighted by Gasteiger charge is 2.41. The van der Waals surface area contributed by atoms with E-state index in [1.165, 1.54) is 22.7 Å². The maximum Gasteiger partial charge on any atom is 0.416 e. The third-order valence-corrected chi connectivity index (χ3v) is 5.82. The van der Waals surface area contributed by atoms with E-state index in [1.807, 2.05) is 32.8 Å². The van der Waals surface area contributed by atoms with Gasteiger partial charge in [0.2, 0.25) is 11.8 Å². The van der Waals surface area contributed by atoms with E-state index in [0.717, 1.165) is 12.1 Å². The first-order valence-corrected chi connectivity index (χ1v) is 10.6. The molecule has 2 rings (SSSR count). The molecular formula is C20H28F3N3O2S. The number of carbonyl (C=O) groups is 2. The number of likely N-dealkylation sites (N-methyl/N-ethyl adjacent to an activating group) is 1. The van der Waals surface area contributed by atoms with E-state index in [4.69, 9.17) is 0 Å². The van der Waals surface area contributed by atoms with Gasteiger partial charge < -0.3 is 15.1 Å². The van der Waals surface area contributed by atoms with Crippen molar-refractivity contribution in [2.75, 3.05) is 32.9 Å². The fourth-order valence-electron chi connectivity index (χ4n) is 3.21. The largest absolute Gasteiger partial charge is 0.416 e. The van der Waals surface area contributed by atoms with Gasteiger partial charge in [-0.2, -0.15) is 13.2 Å². The van der Waals surface area contributed by atoms with E-state index in [2.05, 4.69) is 5.32 Å². The van der Waals surface area contributed by atoms with E-state index < -0.39 is 23.2 Å². The van der Waals surface area contributed by atoms with Crippen molar-refractivity contribution >= 4 is 23.6 Å². The van der Waals surface area contributed by atoms with Crippen LogP contribution in [0, 0.1) is 5.92 Å². The highest BCUT2D eigenvalue weighted by molar-refractivity contribution is 8.00. The first-order chi connectivity index (χ1) is 13.5. The van der Waals surface area contributed by atoms with Crippen LogP contribution < -0.4 is 5.32 Å². The maximum absolute atomic E-state index is 13.1. The predicted molar refractivity (Wildman–Crippen MR) is 108 cm³/mol. The third kappa shape index (κ3) is 6.37.